The van der Waals surface area contributed by atoms with Gasteiger partial charge in [0.05, 0.1) is 24.0 Å². The third-order valence-electron chi connectivity index (χ3n) is 5.67. The van der Waals surface area contributed by atoms with E-state index in [0.717, 1.165) is 5.56 Å². The minimum Gasteiger partial charge on any atom is -0.501 e. The van der Waals surface area contributed by atoms with Crippen molar-refractivity contribution in [1.82, 2.24) is 24.5 Å². The standard InChI is InChI=1S/C23H20ClN7O4/c1-12(18(14-8-26-30(2)10-14)17-5-4-15(24)6-13(17)7-25)21-29-19(20(32)23(34)31(21)3)22(33)28-16-9-27-35-11-16/h4-6,8-12,18,32H,1-3H3,(H,28,33). The quantitative estimate of drug-likeness (QED) is 0.416. The number of nitriles is 1. The largest absolute Gasteiger partial charge is 0.501 e. The number of amides is 1. The molecule has 4 rings (SSSR count). The summed E-state index contributed by atoms with van der Waals surface area (Å²) < 4.78 is 7.50. The lowest BCUT2D eigenvalue weighted by Crippen LogP contribution is -2.29. The summed E-state index contributed by atoms with van der Waals surface area (Å²) in [5.41, 5.74) is 0.760. The molecule has 2 N–H and O–H groups in total. The summed E-state index contributed by atoms with van der Waals surface area (Å²) in [6, 6.07) is 7.15. The van der Waals surface area contributed by atoms with E-state index in [4.69, 9.17) is 16.1 Å². The predicted octanol–water partition coefficient (Wildman–Crippen LogP) is 2.92. The van der Waals surface area contributed by atoms with Crippen molar-refractivity contribution in [1.29, 1.82) is 5.26 Å². The van der Waals surface area contributed by atoms with Crippen LogP contribution in [0.2, 0.25) is 5.02 Å². The Morgan fingerprint density at radius 1 is 1.31 bits per heavy atom. The Morgan fingerprint density at radius 3 is 2.71 bits per heavy atom. The molecule has 0 aliphatic heterocycles. The van der Waals surface area contributed by atoms with Crippen LogP contribution in [0.4, 0.5) is 5.69 Å². The van der Waals surface area contributed by atoms with Crippen LogP contribution in [0.25, 0.3) is 0 Å². The highest BCUT2D eigenvalue weighted by molar-refractivity contribution is 6.30. The summed E-state index contributed by atoms with van der Waals surface area (Å²) >= 11 is 6.12. The number of halogens is 1. The van der Waals surface area contributed by atoms with E-state index in [-0.39, 0.29) is 11.5 Å². The van der Waals surface area contributed by atoms with Gasteiger partial charge >= 0.3 is 0 Å². The van der Waals surface area contributed by atoms with Crippen molar-refractivity contribution in [3.8, 4) is 11.8 Å². The number of hydrogen-bond acceptors (Lipinski definition) is 8. The zero-order chi connectivity index (χ0) is 25.3. The Kier molecular flexibility index (Phi) is 6.40. The Labute approximate surface area is 204 Å². The van der Waals surface area contributed by atoms with Crippen LogP contribution >= 0.6 is 11.6 Å². The van der Waals surface area contributed by atoms with Gasteiger partial charge in [-0.1, -0.05) is 29.7 Å². The van der Waals surface area contributed by atoms with E-state index in [1.165, 1.54) is 24.1 Å². The molecule has 1 aromatic carbocycles. The number of hydrogen-bond donors (Lipinski definition) is 2. The minimum atomic E-state index is -0.806. The molecule has 0 aliphatic carbocycles. The Hall–Kier alpha value is -4.43. The second kappa shape index (κ2) is 9.44. The highest BCUT2D eigenvalue weighted by Crippen LogP contribution is 2.39. The van der Waals surface area contributed by atoms with E-state index in [2.05, 4.69) is 26.6 Å². The molecule has 0 radical (unpaired) electrons. The molecule has 0 fully saturated rings. The van der Waals surface area contributed by atoms with Crippen molar-refractivity contribution < 1.29 is 14.4 Å². The number of carbonyl (C=O) groups is 1. The van der Waals surface area contributed by atoms with E-state index in [9.17, 15) is 20.0 Å². The van der Waals surface area contributed by atoms with Crippen LogP contribution < -0.4 is 10.9 Å². The smallest absolute Gasteiger partial charge is 0.296 e. The average Bonchev–Trinajstić information content (AvgIpc) is 3.50. The van der Waals surface area contributed by atoms with Gasteiger partial charge in [-0.05, 0) is 23.3 Å². The number of carbonyl (C=O) groups excluding carboxylic acids is 1. The number of rotatable bonds is 6. The van der Waals surface area contributed by atoms with Gasteiger partial charge in [0.15, 0.2) is 5.69 Å². The van der Waals surface area contributed by atoms with Crippen LogP contribution in [-0.4, -0.2) is 35.5 Å². The first kappa shape index (κ1) is 23.7. The molecule has 0 bridgehead atoms. The van der Waals surface area contributed by atoms with Crippen molar-refractivity contribution in [2.75, 3.05) is 5.32 Å². The molecule has 12 heteroatoms. The first-order valence-electron chi connectivity index (χ1n) is 10.4. The molecule has 35 heavy (non-hydrogen) atoms. The highest BCUT2D eigenvalue weighted by Gasteiger charge is 2.31. The lowest BCUT2D eigenvalue weighted by atomic mass is 9.80. The predicted molar refractivity (Wildman–Crippen MR) is 125 cm³/mol. The number of aryl methyl sites for hydroxylation is 1. The molecule has 2 unspecified atom stereocenters. The van der Waals surface area contributed by atoms with E-state index < -0.39 is 34.7 Å². The van der Waals surface area contributed by atoms with Gasteiger partial charge in [-0.2, -0.15) is 10.4 Å². The number of anilines is 1. The lowest BCUT2D eigenvalue weighted by molar-refractivity contribution is 0.101. The maximum absolute atomic E-state index is 12.9. The zero-order valence-electron chi connectivity index (χ0n) is 18.9. The first-order valence-corrected chi connectivity index (χ1v) is 10.8. The number of benzene rings is 1. The maximum atomic E-state index is 12.9. The first-order chi connectivity index (χ1) is 16.7. The number of nitrogens with one attached hydrogen (secondary N) is 1. The SMILES string of the molecule is CC(c1nc(C(=O)Nc2cnoc2)c(O)c(=O)n1C)C(c1cnn(C)c1)c1ccc(Cl)cc1C#N. The molecule has 2 atom stereocenters. The van der Waals surface area contributed by atoms with Gasteiger partial charge in [0.2, 0.25) is 5.75 Å². The molecule has 178 valence electrons. The number of aromatic nitrogens is 5. The summed E-state index contributed by atoms with van der Waals surface area (Å²) in [7, 11) is 3.22. The van der Waals surface area contributed by atoms with Gasteiger partial charge < -0.3 is 14.9 Å². The molecule has 1 amide bonds. The van der Waals surface area contributed by atoms with Gasteiger partial charge in [-0.3, -0.25) is 18.8 Å². The molecule has 0 aliphatic rings. The Bertz CT molecular complexity index is 1500. The molecular weight excluding hydrogens is 474 g/mol. The molecule has 3 heterocycles. The minimum absolute atomic E-state index is 0.218. The van der Waals surface area contributed by atoms with Crippen molar-refractivity contribution >= 4 is 23.2 Å². The van der Waals surface area contributed by atoms with Gasteiger partial charge in [0.1, 0.15) is 17.8 Å². The average molecular weight is 494 g/mol. The normalized spacial score (nSPS) is 12.7. The molecular formula is C23H20ClN7O4. The van der Waals surface area contributed by atoms with Crippen molar-refractivity contribution in [3.05, 3.63) is 86.6 Å². The van der Waals surface area contributed by atoms with E-state index in [1.54, 1.807) is 42.3 Å². The van der Waals surface area contributed by atoms with Crippen LogP contribution in [0.15, 0.2) is 52.4 Å². The highest BCUT2D eigenvalue weighted by atomic mass is 35.5. The summed E-state index contributed by atoms with van der Waals surface area (Å²) in [4.78, 5) is 30.0. The molecule has 0 saturated carbocycles. The van der Waals surface area contributed by atoms with Gasteiger partial charge in [-0.25, -0.2) is 4.98 Å². The van der Waals surface area contributed by atoms with Crippen LogP contribution in [0.3, 0.4) is 0 Å². The topological polar surface area (TPSA) is 152 Å². The van der Waals surface area contributed by atoms with E-state index in [0.29, 0.717) is 16.1 Å². The summed E-state index contributed by atoms with van der Waals surface area (Å²) in [5.74, 6) is -2.39. The molecule has 4 aromatic rings. The molecule has 0 spiro atoms. The fourth-order valence-corrected chi connectivity index (χ4v) is 4.19. The van der Waals surface area contributed by atoms with Crippen LogP contribution in [-0.2, 0) is 14.1 Å². The van der Waals surface area contributed by atoms with Crippen molar-refractivity contribution in [3.63, 3.8) is 0 Å². The maximum Gasteiger partial charge on any atom is 0.296 e. The molecule has 11 nitrogen and oxygen atoms in total. The third kappa shape index (κ3) is 4.51. The van der Waals surface area contributed by atoms with Crippen LogP contribution in [0, 0.1) is 11.3 Å². The van der Waals surface area contributed by atoms with Crippen LogP contribution in [0.1, 0.15) is 51.8 Å². The summed E-state index contributed by atoms with van der Waals surface area (Å²) in [5, 5.41) is 30.8. The molecule has 0 saturated heterocycles. The Balaban J connectivity index is 1.86. The zero-order valence-corrected chi connectivity index (χ0v) is 19.7. The second-order valence-electron chi connectivity index (χ2n) is 7.96. The van der Waals surface area contributed by atoms with E-state index >= 15 is 0 Å². The van der Waals surface area contributed by atoms with Crippen LogP contribution in [0.5, 0.6) is 5.75 Å². The third-order valence-corrected chi connectivity index (χ3v) is 5.90. The number of aromatic hydroxyl groups is 1. The molecule has 3 aromatic heterocycles. The monoisotopic (exact) mass is 493 g/mol. The summed E-state index contributed by atoms with van der Waals surface area (Å²) in [6.45, 7) is 1.81. The van der Waals surface area contributed by atoms with Crippen molar-refractivity contribution in [2.24, 2.45) is 14.1 Å². The fraction of sp³-hybridized carbons (Fsp3) is 0.217. The van der Waals surface area contributed by atoms with Gasteiger partial charge in [-0.15, -0.1) is 0 Å². The second-order valence-corrected chi connectivity index (χ2v) is 8.39. The van der Waals surface area contributed by atoms with Gasteiger partial charge in [0.25, 0.3) is 11.5 Å². The fourth-order valence-electron chi connectivity index (χ4n) is 4.01. The van der Waals surface area contributed by atoms with Crippen molar-refractivity contribution in [2.45, 2.75) is 18.8 Å². The summed E-state index contributed by atoms with van der Waals surface area (Å²) in [6.07, 6.45) is 5.92. The Morgan fingerprint density at radius 2 is 2.09 bits per heavy atom. The van der Waals surface area contributed by atoms with Gasteiger partial charge in [0, 0.05) is 37.2 Å². The lowest BCUT2D eigenvalue weighted by Gasteiger charge is -2.26. The number of nitrogens with zero attached hydrogens (tertiary/aromatic N) is 6. The van der Waals surface area contributed by atoms with E-state index in [1.807, 2.05) is 6.92 Å².